The van der Waals surface area contributed by atoms with E-state index in [1.807, 2.05) is 0 Å². The third-order valence-corrected chi connectivity index (χ3v) is 0. The van der Waals surface area contributed by atoms with E-state index in [9.17, 15) is 0 Å². The second kappa shape index (κ2) is 18.5. The van der Waals surface area contributed by atoms with Crippen LogP contribution >= 0.6 is 0 Å². The molecule has 0 saturated carbocycles. The van der Waals surface area contributed by atoms with Crippen LogP contribution in [-0.4, -0.2) is 34.4 Å². The van der Waals surface area contributed by atoms with Gasteiger partial charge >= 0.3 is 17.1 Å². The van der Waals surface area contributed by atoms with E-state index in [2.05, 4.69) is 0 Å². The van der Waals surface area contributed by atoms with Crippen LogP contribution in [0, 0.1) is 0 Å². The summed E-state index contributed by atoms with van der Waals surface area (Å²) >= 11 is 0. The van der Waals surface area contributed by atoms with Crippen LogP contribution in [-0.2, 0) is 39.4 Å². The van der Waals surface area contributed by atoms with Crippen molar-refractivity contribution < 1.29 is 39.4 Å². The molecule has 4 heteroatoms. The fourth-order valence-corrected chi connectivity index (χ4v) is 0. The van der Waals surface area contributed by atoms with Crippen molar-refractivity contribution in [1.82, 2.24) is 0 Å². The summed E-state index contributed by atoms with van der Waals surface area (Å²) in [5.74, 6) is 0. The molecule has 0 saturated heterocycles. The van der Waals surface area contributed by atoms with Gasteiger partial charge in [-0.25, -0.2) is 0 Å². The quantitative estimate of drug-likeness (QED) is 0.428. The molecular weight excluding hydrogens is 366 g/mol. The standard InChI is InChI=1S/Al.Au.Cu.H2Se.3H/h;;;1H2;;;. The molecular formula is H5AlAuCuSe. The van der Waals surface area contributed by atoms with Gasteiger partial charge in [-0.2, -0.15) is 0 Å². The molecule has 0 atom stereocenters. The van der Waals surface area contributed by atoms with Crippen LogP contribution in [0.5, 0.6) is 0 Å². The maximum absolute atomic E-state index is 0. The molecule has 0 aliphatic heterocycles. The summed E-state index contributed by atoms with van der Waals surface area (Å²) in [4.78, 5) is 0. The van der Waals surface area contributed by atoms with Crippen molar-refractivity contribution in [1.29, 1.82) is 0 Å². The van der Waals surface area contributed by atoms with Gasteiger partial charge in [0.05, 0.1) is 0 Å². The van der Waals surface area contributed by atoms with Crippen molar-refractivity contribution in [2.45, 2.75) is 0 Å². The Kier molecular flexibility index (Phi) is 154. The van der Waals surface area contributed by atoms with Crippen LogP contribution in [0.15, 0.2) is 0 Å². The molecule has 0 nitrogen and oxygen atoms in total. The van der Waals surface area contributed by atoms with Gasteiger partial charge in [-0.3, -0.25) is 0 Å². The Morgan fingerprint density at radius 1 is 1.00 bits per heavy atom. The molecule has 0 spiro atoms. The summed E-state index contributed by atoms with van der Waals surface area (Å²) in [5.41, 5.74) is 0. The van der Waals surface area contributed by atoms with Gasteiger partial charge in [-0.15, -0.1) is 0 Å². The fourth-order valence-electron chi connectivity index (χ4n) is 0. The second-order valence-corrected chi connectivity index (χ2v) is 0. The molecule has 0 aromatic carbocycles. The Morgan fingerprint density at radius 2 is 1.00 bits per heavy atom. The molecule has 0 aromatic rings. The summed E-state index contributed by atoms with van der Waals surface area (Å²) in [6.45, 7) is 0. The second-order valence-electron chi connectivity index (χ2n) is 0. The average molecular weight is 371 g/mol. The van der Waals surface area contributed by atoms with Crippen molar-refractivity contribution in [3.05, 3.63) is 0 Å². The molecule has 0 amide bonds. The fraction of sp³-hybridized carbons (Fsp3) is 0. The zero-order valence-corrected chi connectivity index (χ0v) is 6.31. The van der Waals surface area contributed by atoms with Crippen LogP contribution < -0.4 is 0 Å². The average Bonchev–Trinajstić information content (AvgIpc) is 0. The molecule has 36 valence electrons. The van der Waals surface area contributed by atoms with Gasteiger partial charge in [0.25, 0.3) is 0 Å². The third kappa shape index (κ3) is 8.85. The van der Waals surface area contributed by atoms with Crippen LogP contribution in [0.3, 0.4) is 0 Å². The van der Waals surface area contributed by atoms with Crippen LogP contribution in [0.2, 0.25) is 0 Å². The Labute approximate surface area is 73.1 Å². The predicted molar refractivity (Wildman–Crippen MR) is 18.5 cm³/mol. The van der Waals surface area contributed by atoms with Gasteiger partial charge in [0.1, 0.15) is 0 Å². The first-order chi connectivity index (χ1) is 0. The van der Waals surface area contributed by atoms with E-state index in [1.165, 1.54) is 0 Å². The minimum atomic E-state index is 0. The van der Waals surface area contributed by atoms with Gasteiger partial charge in [0, 0.05) is 39.4 Å². The number of hydrogen-bond acceptors (Lipinski definition) is 0. The zero-order chi connectivity index (χ0) is 0. The zero-order valence-electron chi connectivity index (χ0n) is 1.10. The van der Waals surface area contributed by atoms with E-state index in [0.717, 1.165) is 0 Å². The summed E-state index contributed by atoms with van der Waals surface area (Å²) in [6, 6.07) is 0. The first kappa shape index (κ1) is 33.3. The molecule has 0 rings (SSSR count). The maximum atomic E-state index is 0. The van der Waals surface area contributed by atoms with Crippen molar-refractivity contribution in [3.63, 3.8) is 0 Å². The molecule has 0 fully saturated rings. The van der Waals surface area contributed by atoms with Gasteiger partial charge in [0.2, 0.25) is 0 Å². The molecule has 0 N–H and O–H groups in total. The molecule has 0 heterocycles. The number of hydrogen-bond donors (Lipinski definition) is 0. The molecule has 0 bridgehead atoms. The molecule has 0 unspecified atom stereocenters. The first-order valence-corrected chi connectivity index (χ1v) is 0. The van der Waals surface area contributed by atoms with E-state index in [0.29, 0.717) is 0 Å². The van der Waals surface area contributed by atoms with Crippen LogP contribution in [0.25, 0.3) is 0 Å². The molecule has 4 heavy (non-hydrogen) atoms. The topological polar surface area (TPSA) is 0 Å². The predicted octanol–water partition coefficient (Wildman–Crippen LogP) is -2.11. The van der Waals surface area contributed by atoms with Gasteiger partial charge in [-0.05, 0) is 0 Å². The Bertz CT molecular complexity index is 8.00. The SMILES string of the molecule is [AlH3].[Au].[Cu].[SeH2]. The molecule has 2 radical (unpaired) electrons. The van der Waals surface area contributed by atoms with Crippen molar-refractivity contribution in [2.75, 3.05) is 0 Å². The molecule has 0 aliphatic rings. The van der Waals surface area contributed by atoms with E-state index in [1.54, 1.807) is 0 Å². The first-order valence-electron chi connectivity index (χ1n) is 0. The van der Waals surface area contributed by atoms with Crippen molar-refractivity contribution >= 4 is 34.4 Å². The number of rotatable bonds is 0. The van der Waals surface area contributed by atoms with Gasteiger partial charge < -0.3 is 0 Å². The molecule has 0 aliphatic carbocycles. The summed E-state index contributed by atoms with van der Waals surface area (Å²) in [5, 5.41) is 0. The van der Waals surface area contributed by atoms with Gasteiger partial charge in [0.15, 0.2) is 17.4 Å². The Hall–Kier alpha value is 2.31. The van der Waals surface area contributed by atoms with E-state index < -0.39 is 0 Å². The Morgan fingerprint density at radius 3 is 1.00 bits per heavy atom. The summed E-state index contributed by atoms with van der Waals surface area (Å²) < 4.78 is 0. The van der Waals surface area contributed by atoms with Crippen LogP contribution in [0.1, 0.15) is 0 Å². The normalized spacial score (nSPS) is 0. The van der Waals surface area contributed by atoms with Crippen LogP contribution in [0.4, 0.5) is 0 Å². The minimum absolute atomic E-state index is 0. The van der Waals surface area contributed by atoms with Crippen molar-refractivity contribution in [3.8, 4) is 0 Å². The van der Waals surface area contributed by atoms with E-state index >= 15 is 0 Å². The third-order valence-electron chi connectivity index (χ3n) is 0. The van der Waals surface area contributed by atoms with Crippen molar-refractivity contribution in [2.24, 2.45) is 0 Å². The molecule has 0 aromatic heterocycles. The monoisotopic (exact) mass is 372 g/mol. The Balaban J connectivity index is 0. The van der Waals surface area contributed by atoms with E-state index in [-0.39, 0.29) is 73.9 Å². The van der Waals surface area contributed by atoms with E-state index in [4.69, 9.17) is 0 Å². The summed E-state index contributed by atoms with van der Waals surface area (Å²) in [6.07, 6.45) is 0. The van der Waals surface area contributed by atoms with Gasteiger partial charge in [-0.1, -0.05) is 0 Å². The summed E-state index contributed by atoms with van der Waals surface area (Å²) in [7, 11) is 0.